The van der Waals surface area contributed by atoms with Crippen LogP contribution < -0.4 is 0 Å². The SMILES string of the molecule is OC1(C2CC2)CC2CCCC(C1)S2. The number of hydrogen-bond donors (Lipinski definition) is 1. The third kappa shape index (κ3) is 1.52. The standard InChI is InChI=1S/C11H18OS/c12-11(8-4-5-8)6-9-2-1-3-10(7-11)13-9/h8-10,12H,1-7H2. The summed E-state index contributed by atoms with van der Waals surface area (Å²) in [5.74, 6) is 0.677. The Morgan fingerprint density at radius 1 is 1.00 bits per heavy atom. The van der Waals surface area contributed by atoms with Gasteiger partial charge in [0.15, 0.2) is 0 Å². The first kappa shape index (κ1) is 8.60. The van der Waals surface area contributed by atoms with Crippen molar-refractivity contribution in [3.05, 3.63) is 0 Å². The van der Waals surface area contributed by atoms with Crippen molar-refractivity contribution in [3.63, 3.8) is 0 Å². The van der Waals surface area contributed by atoms with Crippen molar-refractivity contribution in [2.24, 2.45) is 5.92 Å². The number of aliphatic hydroxyl groups is 1. The normalized spacial score (nSPS) is 50.5. The molecule has 2 heteroatoms. The Balaban J connectivity index is 1.76. The molecule has 2 atom stereocenters. The lowest BCUT2D eigenvalue weighted by Crippen LogP contribution is -2.44. The Bertz CT molecular complexity index is 200. The first-order valence-corrected chi connectivity index (χ1v) is 6.58. The molecule has 1 saturated carbocycles. The van der Waals surface area contributed by atoms with Gasteiger partial charge in [-0.25, -0.2) is 0 Å². The molecule has 0 amide bonds. The van der Waals surface area contributed by atoms with Crippen LogP contribution in [0.5, 0.6) is 0 Å². The van der Waals surface area contributed by atoms with Gasteiger partial charge in [-0.15, -0.1) is 0 Å². The van der Waals surface area contributed by atoms with Crippen LogP contribution in [0.25, 0.3) is 0 Å². The number of rotatable bonds is 1. The van der Waals surface area contributed by atoms with Gasteiger partial charge in [0.2, 0.25) is 0 Å². The van der Waals surface area contributed by atoms with E-state index in [9.17, 15) is 5.11 Å². The van der Waals surface area contributed by atoms with Crippen LogP contribution in [-0.4, -0.2) is 21.2 Å². The quantitative estimate of drug-likeness (QED) is 0.699. The third-order valence-electron chi connectivity index (χ3n) is 3.94. The van der Waals surface area contributed by atoms with E-state index >= 15 is 0 Å². The van der Waals surface area contributed by atoms with E-state index in [1.165, 1.54) is 32.1 Å². The van der Waals surface area contributed by atoms with Crippen LogP contribution >= 0.6 is 11.8 Å². The minimum absolute atomic E-state index is 0.235. The summed E-state index contributed by atoms with van der Waals surface area (Å²) in [6, 6.07) is 0. The van der Waals surface area contributed by atoms with Crippen LogP contribution in [0.2, 0.25) is 0 Å². The predicted molar refractivity (Wildman–Crippen MR) is 55.9 cm³/mol. The molecule has 1 N–H and O–H groups in total. The Hall–Kier alpha value is 0.310. The molecule has 0 aromatic carbocycles. The highest BCUT2D eigenvalue weighted by atomic mass is 32.2. The molecule has 2 aliphatic heterocycles. The van der Waals surface area contributed by atoms with Gasteiger partial charge >= 0.3 is 0 Å². The molecule has 0 aromatic rings. The molecule has 13 heavy (non-hydrogen) atoms. The lowest BCUT2D eigenvalue weighted by atomic mass is 9.82. The van der Waals surface area contributed by atoms with Gasteiger partial charge in [0.1, 0.15) is 0 Å². The Kier molecular flexibility index (Phi) is 1.92. The van der Waals surface area contributed by atoms with Crippen molar-refractivity contribution in [1.82, 2.24) is 0 Å². The van der Waals surface area contributed by atoms with Gasteiger partial charge in [-0.1, -0.05) is 6.42 Å². The van der Waals surface area contributed by atoms with E-state index in [0.29, 0.717) is 5.92 Å². The molecule has 2 bridgehead atoms. The molecular formula is C11H18OS. The van der Waals surface area contributed by atoms with Gasteiger partial charge in [-0.3, -0.25) is 0 Å². The first-order valence-electron chi connectivity index (χ1n) is 5.64. The second kappa shape index (κ2) is 2.90. The summed E-state index contributed by atoms with van der Waals surface area (Å²) in [6.07, 6.45) is 8.90. The van der Waals surface area contributed by atoms with Crippen LogP contribution in [0.4, 0.5) is 0 Å². The fourth-order valence-corrected chi connectivity index (χ4v) is 5.03. The van der Waals surface area contributed by atoms with E-state index in [-0.39, 0.29) is 5.60 Å². The van der Waals surface area contributed by atoms with Crippen molar-refractivity contribution < 1.29 is 5.11 Å². The summed E-state index contributed by atoms with van der Waals surface area (Å²) in [5, 5.41) is 12.1. The van der Waals surface area contributed by atoms with Crippen LogP contribution in [0.3, 0.4) is 0 Å². The molecule has 2 heterocycles. The highest BCUT2D eigenvalue weighted by Gasteiger charge is 2.49. The Morgan fingerprint density at radius 2 is 1.62 bits per heavy atom. The number of fused-ring (bicyclic) bond motifs is 2. The van der Waals surface area contributed by atoms with Crippen molar-refractivity contribution >= 4 is 11.8 Å². The minimum atomic E-state index is -0.235. The van der Waals surface area contributed by atoms with Gasteiger partial charge < -0.3 is 5.11 Å². The highest BCUT2D eigenvalue weighted by molar-refractivity contribution is 8.00. The maximum absolute atomic E-state index is 10.5. The maximum atomic E-state index is 10.5. The molecule has 2 saturated heterocycles. The van der Waals surface area contributed by atoms with Gasteiger partial charge in [0.25, 0.3) is 0 Å². The lowest BCUT2D eigenvalue weighted by molar-refractivity contribution is -0.00854. The number of hydrogen-bond acceptors (Lipinski definition) is 2. The smallest absolute Gasteiger partial charge is 0.0696 e. The van der Waals surface area contributed by atoms with Crippen LogP contribution in [0.15, 0.2) is 0 Å². The van der Waals surface area contributed by atoms with Gasteiger partial charge in [-0.2, -0.15) is 11.8 Å². The summed E-state index contributed by atoms with van der Waals surface area (Å²) in [4.78, 5) is 0. The molecule has 1 aliphatic carbocycles. The van der Waals surface area contributed by atoms with Crippen molar-refractivity contribution in [2.45, 2.75) is 61.0 Å². The monoisotopic (exact) mass is 198 g/mol. The summed E-state index contributed by atoms with van der Waals surface area (Å²) in [6.45, 7) is 0. The topological polar surface area (TPSA) is 20.2 Å². The first-order chi connectivity index (χ1) is 6.26. The largest absolute Gasteiger partial charge is 0.390 e. The Labute approximate surface area is 84.3 Å². The molecule has 74 valence electrons. The van der Waals surface area contributed by atoms with E-state index in [1.54, 1.807) is 0 Å². The van der Waals surface area contributed by atoms with E-state index < -0.39 is 0 Å². The zero-order valence-electron chi connectivity index (χ0n) is 8.04. The molecule has 3 fully saturated rings. The van der Waals surface area contributed by atoms with E-state index in [2.05, 4.69) is 11.8 Å². The average Bonchev–Trinajstić information content (AvgIpc) is 2.84. The van der Waals surface area contributed by atoms with Crippen LogP contribution in [0, 0.1) is 5.92 Å². The molecule has 3 rings (SSSR count). The van der Waals surface area contributed by atoms with E-state index in [4.69, 9.17) is 0 Å². The van der Waals surface area contributed by atoms with Crippen molar-refractivity contribution in [3.8, 4) is 0 Å². The zero-order valence-corrected chi connectivity index (χ0v) is 8.85. The lowest BCUT2D eigenvalue weighted by Gasteiger charge is -2.44. The summed E-state index contributed by atoms with van der Waals surface area (Å²) >= 11 is 2.16. The summed E-state index contributed by atoms with van der Waals surface area (Å²) in [5.41, 5.74) is -0.235. The van der Waals surface area contributed by atoms with Crippen molar-refractivity contribution in [1.29, 1.82) is 0 Å². The van der Waals surface area contributed by atoms with Gasteiger partial charge in [-0.05, 0) is 44.4 Å². The molecule has 1 nitrogen and oxygen atoms in total. The van der Waals surface area contributed by atoms with Crippen LogP contribution in [-0.2, 0) is 0 Å². The molecule has 2 unspecified atom stereocenters. The second-order valence-electron chi connectivity index (χ2n) is 5.10. The molecule has 3 aliphatic rings. The van der Waals surface area contributed by atoms with Gasteiger partial charge in [0, 0.05) is 10.5 Å². The summed E-state index contributed by atoms with van der Waals surface area (Å²) < 4.78 is 0. The second-order valence-corrected chi connectivity index (χ2v) is 6.70. The Morgan fingerprint density at radius 3 is 2.15 bits per heavy atom. The summed E-state index contributed by atoms with van der Waals surface area (Å²) in [7, 11) is 0. The minimum Gasteiger partial charge on any atom is -0.390 e. The molecular weight excluding hydrogens is 180 g/mol. The molecule has 0 radical (unpaired) electrons. The predicted octanol–water partition coefficient (Wildman–Crippen LogP) is 2.58. The molecule has 0 aromatic heterocycles. The highest BCUT2D eigenvalue weighted by Crippen LogP contribution is 2.53. The zero-order chi connectivity index (χ0) is 8.89. The fraction of sp³-hybridized carbons (Fsp3) is 1.00. The molecule has 0 spiro atoms. The fourth-order valence-electron chi connectivity index (χ4n) is 3.11. The average molecular weight is 198 g/mol. The van der Waals surface area contributed by atoms with Crippen LogP contribution in [0.1, 0.15) is 44.9 Å². The van der Waals surface area contributed by atoms with Gasteiger partial charge in [0.05, 0.1) is 5.60 Å². The number of thioether (sulfide) groups is 1. The van der Waals surface area contributed by atoms with Crippen molar-refractivity contribution in [2.75, 3.05) is 0 Å². The maximum Gasteiger partial charge on any atom is 0.0696 e. The van der Waals surface area contributed by atoms with E-state index in [1.807, 2.05) is 0 Å². The third-order valence-corrected chi connectivity index (χ3v) is 5.51. The van der Waals surface area contributed by atoms with E-state index in [0.717, 1.165) is 23.3 Å².